The van der Waals surface area contributed by atoms with Gasteiger partial charge in [0.15, 0.2) is 6.29 Å². The molecular weight excluding hydrogens is 320 g/mol. The van der Waals surface area contributed by atoms with Gasteiger partial charge >= 0.3 is 0 Å². The molecule has 0 saturated carbocycles. The van der Waals surface area contributed by atoms with Gasteiger partial charge in [-0.2, -0.15) is 0 Å². The number of aldehydes is 1. The van der Waals surface area contributed by atoms with Gasteiger partial charge in [0.25, 0.3) is 5.69 Å². The molecule has 25 heavy (non-hydrogen) atoms. The third-order valence-corrected chi connectivity index (χ3v) is 3.85. The fourth-order valence-electron chi connectivity index (χ4n) is 2.65. The van der Waals surface area contributed by atoms with E-state index in [1.807, 2.05) is 12.1 Å². The lowest BCUT2D eigenvalue weighted by Gasteiger charge is -2.11. The van der Waals surface area contributed by atoms with Crippen molar-refractivity contribution in [2.75, 3.05) is 0 Å². The molecule has 0 bridgehead atoms. The molecule has 1 aromatic heterocycles. The summed E-state index contributed by atoms with van der Waals surface area (Å²) in [5.41, 5.74) is 2.75. The maximum atomic E-state index is 11.3. The topological polar surface area (TPSA) is 93.3 Å². The van der Waals surface area contributed by atoms with Crippen molar-refractivity contribution in [1.29, 1.82) is 0 Å². The number of aromatic nitrogens is 1. The van der Waals surface area contributed by atoms with Gasteiger partial charge < -0.3 is 5.11 Å². The van der Waals surface area contributed by atoms with Crippen molar-refractivity contribution in [1.82, 2.24) is 4.98 Å². The Balaban J connectivity index is 2.09. The van der Waals surface area contributed by atoms with Gasteiger partial charge in [-0.05, 0) is 47.4 Å². The van der Waals surface area contributed by atoms with Crippen molar-refractivity contribution in [3.05, 3.63) is 87.7 Å². The number of carbonyl (C=O) groups excluding carboxylic acids is 1. The van der Waals surface area contributed by atoms with Crippen LogP contribution in [0.5, 0.6) is 5.75 Å². The second-order valence-corrected chi connectivity index (χ2v) is 5.54. The Labute approximate surface area is 143 Å². The second-order valence-electron chi connectivity index (χ2n) is 5.54. The molecule has 6 nitrogen and oxygen atoms in total. The molecule has 0 spiro atoms. The predicted octanol–water partition coefficient (Wildman–Crippen LogP) is 3.77. The molecule has 3 aromatic rings. The van der Waals surface area contributed by atoms with E-state index in [9.17, 15) is 20.0 Å². The monoisotopic (exact) mass is 334 g/mol. The molecule has 3 rings (SSSR count). The zero-order valence-corrected chi connectivity index (χ0v) is 13.1. The summed E-state index contributed by atoms with van der Waals surface area (Å²) in [5, 5.41) is 21.3. The van der Waals surface area contributed by atoms with E-state index in [2.05, 4.69) is 4.98 Å². The number of rotatable bonds is 5. The van der Waals surface area contributed by atoms with E-state index in [-0.39, 0.29) is 17.0 Å². The minimum atomic E-state index is -0.498. The Morgan fingerprint density at radius 3 is 2.52 bits per heavy atom. The second kappa shape index (κ2) is 6.92. The highest BCUT2D eigenvalue weighted by molar-refractivity contribution is 5.86. The molecule has 0 unspecified atom stereocenters. The largest absolute Gasteiger partial charge is 0.507 e. The van der Waals surface area contributed by atoms with E-state index in [1.165, 1.54) is 12.1 Å². The zero-order chi connectivity index (χ0) is 17.8. The Hall–Kier alpha value is -3.54. The molecule has 0 aliphatic carbocycles. The normalized spacial score (nSPS) is 10.4. The lowest BCUT2D eigenvalue weighted by Crippen LogP contribution is -1.95. The van der Waals surface area contributed by atoms with Crippen molar-refractivity contribution in [2.24, 2.45) is 0 Å². The third kappa shape index (κ3) is 3.53. The molecule has 0 aliphatic heterocycles. The number of non-ortho nitro benzene ring substituents is 1. The molecule has 1 N–H and O–H groups in total. The van der Waals surface area contributed by atoms with E-state index in [1.54, 1.807) is 36.7 Å². The van der Waals surface area contributed by atoms with Crippen LogP contribution in [-0.2, 0) is 6.42 Å². The highest BCUT2D eigenvalue weighted by Gasteiger charge is 2.14. The van der Waals surface area contributed by atoms with Gasteiger partial charge in [0.2, 0.25) is 0 Å². The van der Waals surface area contributed by atoms with Crippen molar-refractivity contribution >= 4 is 12.0 Å². The molecule has 6 heteroatoms. The van der Waals surface area contributed by atoms with Crippen LogP contribution in [0.4, 0.5) is 5.69 Å². The molecule has 0 aliphatic rings. The summed E-state index contributed by atoms with van der Waals surface area (Å²) in [6, 6.07) is 13.0. The first kappa shape index (κ1) is 16.3. The average Bonchev–Trinajstić information content (AvgIpc) is 2.64. The standard InChI is InChI=1S/C19H14N2O4/c22-12-16-9-14(8-13-4-6-20-7-5-13)10-18(19(16)23)15-2-1-3-17(11-15)21(24)25/h1-7,9-12,23H,8H2. The number of hydrogen-bond acceptors (Lipinski definition) is 5. The number of phenolic OH excluding ortho intramolecular Hbond substituents is 1. The quantitative estimate of drug-likeness (QED) is 0.435. The summed E-state index contributed by atoms with van der Waals surface area (Å²) in [7, 11) is 0. The molecular formula is C19H14N2O4. The van der Waals surface area contributed by atoms with Gasteiger partial charge in [0, 0.05) is 30.1 Å². The van der Waals surface area contributed by atoms with Crippen LogP contribution in [0.1, 0.15) is 21.5 Å². The number of carbonyl (C=O) groups is 1. The van der Waals surface area contributed by atoms with Crippen LogP contribution >= 0.6 is 0 Å². The zero-order valence-electron chi connectivity index (χ0n) is 13.1. The minimum Gasteiger partial charge on any atom is -0.507 e. The SMILES string of the molecule is O=Cc1cc(Cc2ccncc2)cc(-c2cccc([N+](=O)[O-])c2)c1O. The van der Waals surface area contributed by atoms with Crippen LogP contribution in [-0.4, -0.2) is 21.3 Å². The van der Waals surface area contributed by atoms with Crippen LogP contribution in [0.3, 0.4) is 0 Å². The van der Waals surface area contributed by atoms with E-state index >= 15 is 0 Å². The van der Waals surface area contributed by atoms with Crippen molar-refractivity contribution in [3.63, 3.8) is 0 Å². The van der Waals surface area contributed by atoms with Gasteiger partial charge in [0.05, 0.1) is 10.5 Å². The van der Waals surface area contributed by atoms with Crippen LogP contribution in [0, 0.1) is 10.1 Å². The minimum absolute atomic E-state index is 0.0795. The van der Waals surface area contributed by atoms with Gasteiger partial charge in [-0.15, -0.1) is 0 Å². The first-order valence-corrected chi connectivity index (χ1v) is 7.53. The van der Waals surface area contributed by atoms with Crippen molar-refractivity contribution < 1.29 is 14.8 Å². The Morgan fingerprint density at radius 1 is 1.08 bits per heavy atom. The van der Waals surface area contributed by atoms with Crippen LogP contribution < -0.4 is 0 Å². The summed E-state index contributed by atoms with van der Waals surface area (Å²) < 4.78 is 0. The predicted molar refractivity (Wildman–Crippen MR) is 92.6 cm³/mol. The molecule has 0 fully saturated rings. The van der Waals surface area contributed by atoms with Gasteiger partial charge in [-0.1, -0.05) is 12.1 Å². The number of aromatic hydroxyl groups is 1. The lowest BCUT2D eigenvalue weighted by atomic mass is 9.95. The molecule has 0 atom stereocenters. The summed E-state index contributed by atoms with van der Waals surface area (Å²) >= 11 is 0. The third-order valence-electron chi connectivity index (χ3n) is 3.85. The Kier molecular flexibility index (Phi) is 4.52. The van der Waals surface area contributed by atoms with Crippen LogP contribution in [0.25, 0.3) is 11.1 Å². The molecule has 2 aromatic carbocycles. The van der Waals surface area contributed by atoms with E-state index in [0.29, 0.717) is 23.8 Å². The molecule has 0 radical (unpaired) electrons. The average molecular weight is 334 g/mol. The fourth-order valence-corrected chi connectivity index (χ4v) is 2.65. The van der Waals surface area contributed by atoms with Crippen LogP contribution in [0.15, 0.2) is 60.9 Å². The summed E-state index contributed by atoms with van der Waals surface area (Å²) in [6.07, 6.45) is 4.48. The van der Waals surface area contributed by atoms with Gasteiger partial charge in [0.1, 0.15) is 5.75 Å². The number of nitrogens with zero attached hydrogens (tertiary/aromatic N) is 2. The van der Waals surface area contributed by atoms with Crippen molar-refractivity contribution in [2.45, 2.75) is 6.42 Å². The number of nitro benzene ring substituents is 1. The summed E-state index contributed by atoms with van der Waals surface area (Å²) in [6.45, 7) is 0. The first-order chi connectivity index (χ1) is 12.1. The molecule has 0 saturated heterocycles. The number of hydrogen-bond donors (Lipinski definition) is 1. The smallest absolute Gasteiger partial charge is 0.270 e. The summed E-state index contributed by atoms with van der Waals surface area (Å²) in [5.74, 6) is -0.186. The Bertz CT molecular complexity index is 939. The fraction of sp³-hybridized carbons (Fsp3) is 0.0526. The van der Waals surface area contributed by atoms with E-state index in [4.69, 9.17) is 0 Å². The van der Waals surface area contributed by atoms with Gasteiger partial charge in [-0.3, -0.25) is 19.9 Å². The maximum Gasteiger partial charge on any atom is 0.270 e. The van der Waals surface area contributed by atoms with Gasteiger partial charge in [-0.25, -0.2) is 0 Å². The van der Waals surface area contributed by atoms with E-state index < -0.39 is 4.92 Å². The number of nitro groups is 1. The molecule has 0 amide bonds. The molecule has 1 heterocycles. The highest BCUT2D eigenvalue weighted by Crippen LogP contribution is 2.35. The van der Waals surface area contributed by atoms with E-state index in [0.717, 1.165) is 11.1 Å². The van der Waals surface area contributed by atoms with Crippen LogP contribution in [0.2, 0.25) is 0 Å². The molecule has 124 valence electrons. The number of phenols is 1. The van der Waals surface area contributed by atoms with Crippen molar-refractivity contribution in [3.8, 4) is 16.9 Å². The summed E-state index contributed by atoms with van der Waals surface area (Å²) in [4.78, 5) is 25.8. The number of benzene rings is 2. The Morgan fingerprint density at radius 2 is 1.84 bits per heavy atom. The highest BCUT2D eigenvalue weighted by atomic mass is 16.6. The number of pyridine rings is 1. The lowest BCUT2D eigenvalue weighted by molar-refractivity contribution is -0.384. The maximum absolute atomic E-state index is 11.3. The first-order valence-electron chi connectivity index (χ1n) is 7.53.